The molecule has 0 aliphatic heterocycles. The van der Waals surface area contributed by atoms with Crippen molar-refractivity contribution in [2.45, 2.75) is 0 Å². The van der Waals surface area contributed by atoms with Crippen molar-refractivity contribution in [1.29, 1.82) is 0 Å². The molecule has 0 aliphatic carbocycles. The fraction of sp³-hybridized carbons (Fsp3) is 0.364. The largest absolute Gasteiger partial charge is 0.378 e. The first-order valence-electron chi connectivity index (χ1n) is 4.76. The molecular formula is C11H15ClN2O2. The van der Waals surface area contributed by atoms with Crippen molar-refractivity contribution >= 4 is 23.2 Å². The van der Waals surface area contributed by atoms with Crippen LogP contribution in [0.4, 0.5) is 5.69 Å². The van der Waals surface area contributed by atoms with Crippen LogP contribution in [0.3, 0.4) is 0 Å². The number of hydrogen-bond donors (Lipinski definition) is 0. The van der Waals surface area contributed by atoms with Gasteiger partial charge in [-0.1, -0.05) is 11.6 Å². The SMILES string of the molecule is CON(C)C(=O)c1ccc(N(C)C)cc1Cl. The van der Waals surface area contributed by atoms with Gasteiger partial charge < -0.3 is 4.90 Å². The van der Waals surface area contributed by atoms with Gasteiger partial charge in [0.05, 0.1) is 17.7 Å². The first-order valence-corrected chi connectivity index (χ1v) is 5.14. The molecule has 1 amide bonds. The third-order valence-corrected chi connectivity index (χ3v) is 2.57. The quantitative estimate of drug-likeness (QED) is 0.761. The topological polar surface area (TPSA) is 32.8 Å². The van der Waals surface area contributed by atoms with E-state index in [1.807, 2.05) is 25.1 Å². The summed E-state index contributed by atoms with van der Waals surface area (Å²) in [6.07, 6.45) is 0. The molecule has 4 nitrogen and oxygen atoms in total. The summed E-state index contributed by atoms with van der Waals surface area (Å²) >= 11 is 6.04. The zero-order valence-electron chi connectivity index (χ0n) is 9.82. The Morgan fingerprint density at radius 3 is 2.38 bits per heavy atom. The summed E-state index contributed by atoms with van der Waals surface area (Å²) in [6, 6.07) is 5.27. The normalized spacial score (nSPS) is 10.1. The Balaban J connectivity index is 3.04. The molecule has 1 aromatic rings. The number of benzene rings is 1. The molecule has 0 radical (unpaired) electrons. The Hall–Kier alpha value is -1.26. The van der Waals surface area contributed by atoms with Crippen LogP contribution in [0.2, 0.25) is 5.02 Å². The van der Waals surface area contributed by atoms with Crippen LogP contribution in [0, 0.1) is 0 Å². The van der Waals surface area contributed by atoms with E-state index in [9.17, 15) is 4.79 Å². The Morgan fingerprint density at radius 1 is 1.31 bits per heavy atom. The number of carbonyl (C=O) groups excluding carboxylic acids is 1. The first kappa shape index (κ1) is 12.8. The van der Waals surface area contributed by atoms with E-state index in [0.717, 1.165) is 10.8 Å². The van der Waals surface area contributed by atoms with Crippen molar-refractivity contribution in [2.75, 3.05) is 33.2 Å². The van der Waals surface area contributed by atoms with Crippen LogP contribution in [-0.4, -0.2) is 39.2 Å². The molecule has 5 heteroatoms. The standard InChI is InChI=1S/C11H15ClN2O2/c1-13(2)8-5-6-9(10(12)7-8)11(15)14(3)16-4/h5-7H,1-4H3. The van der Waals surface area contributed by atoms with Gasteiger partial charge in [0.1, 0.15) is 0 Å². The average Bonchev–Trinajstić information content (AvgIpc) is 2.26. The lowest BCUT2D eigenvalue weighted by Crippen LogP contribution is -2.25. The fourth-order valence-electron chi connectivity index (χ4n) is 1.21. The molecule has 0 aromatic heterocycles. The summed E-state index contributed by atoms with van der Waals surface area (Å²) in [5.74, 6) is -0.266. The molecule has 0 saturated heterocycles. The lowest BCUT2D eigenvalue weighted by molar-refractivity contribution is -0.0756. The van der Waals surface area contributed by atoms with E-state index >= 15 is 0 Å². The number of anilines is 1. The van der Waals surface area contributed by atoms with Crippen LogP contribution in [0.1, 0.15) is 10.4 Å². The molecule has 0 aliphatic rings. The van der Waals surface area contributed by atoms with Gasteiger partial charge in [-0.3, -0.25) is 9.63 Å². The molecule has 0 saturated carbocycles. The first-order chi connectivity index (χ1) is 7.47. The molecule has 0 unspecified atom stereocenters. The van der Waals surface area contributed by atoms with Gasteiger partial charge in [-0.15, -0.1) is 0 Å². The van der Waals surface area contributed by atoms with Crippen LogP contribution in [0.5, 0.6) is 0 Å². The summed E-state index contributed by atoms with van der Waals surface area (Å²) in [4.78, 5) is 18.5. The zero-order valence-corrected chi connectivity index (χ0v) is 10.6. The highest BCUT2D eigenvalue weighted by Gasteiger charge is 2.15. The molecule has 0 spiro atoms. The molecule has 16 heavy (non-hydrogen) atoms. The van der Waals surface area contributed by atoms with E-state index in [0.29, 0.717) is 10.6 Å². The van der Waals surface area contributed by atoms with Crippen LogP contribution in [-0.2, 0) is 4.84 Å². The third-order valence-electron chi connectivity index (χ3n) is 2.26. The number of carbonyl (C=O) groups is 1. The maximum absolute atomic E-state index is 11.8. The minimum Gasteiger partial charge on any atom is -0.378 e. The smallest absolute Gasteiger partial charge is 0.278 e. The number of hydrogen-bond acceptors (Lipinski definition) is 3. The maximum Gasteiger partial charge on any atom is 0.278 e. The fourth-order valence-corrected chi connectivity index (χ4v) is 1.46. The molecular weight excluding hydrogens is 228 g/mol. The Kier molecular flexibility index (Phi) is 4.15. The third kappa shape index (κ3) is 2.65. The van der Waals surface area contributed by atoms with E-state index < -0.39 is 0 Å². The zero-order chi connectivity index (χ0) is 12.3. The van der Waals surface area contributed by atoms with Gasteiger partial charge in [0.25, 0.3) is 5.91 Å². The second-order valence-corrected chi connectivity index (χ2v) is 3.95. The van der Waals surface area contributed by atoms with Crippen molar-refractivity contribution in [3.05, 3.63) is 28.8 Å². The predicted molar refractivity (Wildman–Crippen MR) is 64.9 cm³/mol. The number of halogens is 1. The van der Waals surface area contributed by atoms with E-state index in [2.05, 4.69) is 0 Å². The van der Waals surface area contributed by atoms with Crippen molar-refractivity contribution in [3.8, 4) is 0 Å². The highest BCUT2D eigenvalue weighted by atomic mass is 35.5. The van der Waals surface area contributed by atoms with Crippen LogP contribution >= 0.6 is 11.6 Å². The molecule has 0 bridgehead atoms. The number of amides is 1. The summed E-state index contributed by atoms with van der Waals surface area (Å²) < 4.78 is 0. The minimum atomic E-state index is -0.266. The molecule has 0 atom stereocenters. The van der Waals surface area contributed by atoms with Gasteiger partial charge in [0.15, 0.2) is 0 Å². The average molecular weight is 243 g/mol. The van der Waals surface area contributed by atoms with Crippen molar-refractivity contribution in [3.63, 3.8) is 0 Å². The highest BCUT2D eigenvalue weighted by Crippen LogP contribution is 2.23. The number of hydroxylamine groups is 2. The molecule has 88 valence electrons. The van der Waals surface area contributed by atoms with Crippen LogP contribution < -0.4 is 4.90 Å². The second-order valence-electron chi connectivity index (χ2n) is 3.54. The maximum atomic E-state index is 11.8. The van der Waals surface area contributed by atoms with E-state index in [1.54, 1.807) is 19.2 Å². The molecule has 1 rings (SSSR count). The van der Waals surface area contributed by atoms with Gasteiger partial charge in [-0.25, -0.2) is 5.06 Å². The lowest BCUT2D eigenvalue weighted by atomic mass is 10.2. The Morgan fingerprint density at radius 2 is 1.94 bits per heavy atom. The van der Waals surface area contributed by atoms with Gasteiger partial charge in [0.2, 0.25) is 0 Å². The molecule has 0 fully saturated rings. The van der Waals surface area contributed by atoms with Crippen molar-refractivity contribution < 1.29 is 9.63 Å². The second kappa shape index (κ2) is 5.18. The summed E-state index contributed by atoms with van der Waals surface area (Å²) in [5, 5.41) is 1.55. The summed E-state index contributed by atoms with van der Waals surface area (Å²) in [5.41, 5.74) is 1.37. The molecule has 1 aromatic carbocycles. The van der Waals surface area contributed by atoms with Crippen molar-refractivity contribution in [1.82, 2.24) is 5.06 Å². The predicted octanol–water partition coefficient (Wildman–Crippen LogP) is 2.04. The van der Waals surface area contributed by atoms with E-state index in [1.165, 1.54) is 7.11 Å². The Bertz CT molecular complexity index is 394. The number of rotatable bonds is 3. The van der Waals surface area contributed by atoms with Crippen LogP contribution in [0.25, 0.3) is 0 Å². The van der Waals surface area contributed by atoms with E-state index in [-0.39, 0.29) is 5.91 Å². The van der Waals surface area contributed by atoms with Gasteiger partial charge in [-0.05, 0) is 18.2 Å². The lowest BCUT2D eigenvalue weighted by Gasteiger charge is -2.17. The Labute approximate surface area is 100 Å². The van der Waals surface area contributed by atoms with Gasteiger partial charge in [-0.2, -0.15) is 0 Å². The highest BCUT2D eigenvalue weighted by molar-refractivity contribution is 6.34. The van der Waals surface area contributed by atoms with Gasteiger partial charge in [0, 0.05) is 26.8 Å². The summed E-state index contributed by atoms with van der Waals surface area (Å²) in [6.45, 7) is 0. The molecule has 0 N–H and O–H groups in total. The van der Waals surface area contributed by atoms with Gasteiger partial charge >= 0.3 is 0 Å². The monoisotopic (exact) mass is 242 g/mol. The molecule has 0 heterocycles. The van der Waals surface area contributed by atoms with E-state index in [4.69, 9.17) is 16.4 Å². The number of nitrogens with zero attached hydrogens (tertiary/aromatic N) is 2. The van der Waals surface area contributed by atoms with Crippen molar-refractivity contribution in [2.24, 2.45) is 0 Å². The van der Waals surface area contributed by atoms with Crippen LogP contribution in [0.15, 0.2) is 18.2 Å². The minimum absolute atomic E-state index is 0.266. The summed E-state index contributed by atoms with van der Waals surface area (Å²) in [7, 11) is 6.79.